The second-order valence-electron chi connectivity index (χ2n) is 6.26. The van der Waals surface area contributed by atoms with E-state index < -0.39 is 11.6 Å². The first-order chi connectivity index (χ1) is 13.0. The van der Waals surface area contributed by atoms with E-state index in [1.54, 1.807) is 12.1 Å². The minimum Gasteiger partial charge on any atom is -0.396 e. The molecule has 1 N–H and O–H groups in total. The van der Waals surface area contributed by atoms with Crippen LogP contribution in [-0.4, -0.2) is 11.7 Å². The first-order valence-electron chi connectivity index (χ1n) is 8.59. The largest absolute Gasteiger partial charge is 0.396 e. The Morgan fingerprint density at radius 2 is 1.56 bits per heavy atom. The molecule has 0 aliphatic rings. The Balaban J connectivity index is 1.80. The summed E-state index contributed by atoms with van der Waals surface area (Å²) in [5, 5.41) is 9.51. The number of aryl methyl sites for hydroxylation is 2. The molecule has 0 unspecified atom stereocenters. The molecule has 0 aliphatic carbocycles. The highest BCUT2D eigenvalue weighted by molar-refractivity contribution is 7.16. The van der Waals surface area contributed by atoms with Crippen LogP contribution in [0, 0.1) is 11.6 Å². The minimum absolute atomic E-state index is 0.00238. The molecule has 0 spiro atoms. The Hall–Kier alpha value is -1.46. The van der Waals surface area contributed by atoms with Crippen LogP contribution < -0.4 is 0 Å². The topological polar surface area (TPSA) is 20.2 Å². The van der Waals surface area contributed by atoms with E-state index >= 15 is 0 Å². The SMILES string of the molecule is OCCCc1cc(F)c(CCc2sc(Cl)cc2-c2ccc(Cl)cc2)c(F)c1. The van der Waals surface area contributed by atoms with Crippen LogP contribution in [0.5, 0.6) is 0 Å². The van der Waals surface area contributed by atoms with Gasteiger partial charge in [0.1, 0.15) is 11.6 Å². The van der Waals surface area contributed by atoms with Gasteiger partial charge in [-0.1, -0.05) is 35.3 Å². The third kappa shape index (κ3) is 5.08. The molecular formula is C21H18Cl2F2OS. The van der Waals surface area contributed by atoms with Gasteiger partial charge in [-0.25, -0.2) is 8.78 Å². The standard InChI is InChI=1S/C21H18Cl2F2OS/c22-15-5-3-14(4-6-15)17-12-21(23)27-20(17)8-7-16-18(24)10-13(2-1-9-26)11-19(16)25/h3-6,10-12,26H,1-2,7-9H2. The van der Waals surface area contributed by atoms with Crippen LogP contribution in [0.1, 0.15) is 22.4 Å². The summed E-state index contributed by atoms with van der Waals surface area (Å²) < 4.78 is 29.4. The summed E-state index contributed by atoms with van der Waals surface area (Å²) in [7, 11) is 0. The summed E-state index contributed by atoms with van der Waals surface area (Å²) in [5.41, 5.74) is 2.57. The van der Waals surface area contributed by atoms with Crippen LogP contribution in [0.25, 0.3) is 11.1 Å². The van der Waals surface area contributed by atoms with E-state index in [2.05, 4.69) is 0 Å². The Morgan fingerprint density at radius 1 is 0.889 bits per heavy atom. The third-order valence-electron chi connectivity index (χ3n) is 4.36. The molecule has 142 valence electrons. The molecular weight excluding hydrogens is 409 g/mol. The van der Waals surface area contributed by atoms with Crippen LogP contribution in [0.3, 0.4) is 0 Å². The van der Waals surface area contributed by atoms with E-state index in [1.807, 2.05) is 18.2 Å². The molecule has 0 atom stereocenters. The maximum Gasteiger partial charge on any atom is 0.129 e. The molecule has 27 heavy (non-hydrogen) atoms. The van der Waals surface area contributed by atoms with Crippen molar-refractivity contribution in [2.24, 2.45) is 0 Å². The zero-order chi connectivity index (χ0) is 19.4. The van der Waals surface area contributed by atoms with Crippen molar-refractivity contribution in [3.05, 3.63) is 79.5 Å². The molecule has 1 heterocycles. The van der Waals surface area contributed by atoms with Crippen molar-refractivity contribution in [2.45, 2.75) is 25.7 Å². The number of thiophene rings is 1. The zero-order valence-corrected chi connectivity index (χ0v) is 16.8. The Kier molecular flexibility index (Phi) is 6.88. The van der Waals surface area contributed by atoms with E-state index in [4.69, 9.17) is 28.3 Å². The predicted molar refractivity (Wildman–Crippen MR) is 109 cm³/mol. The molecule has 0 fully saturated rings. The monoisotopic (exact) mass is 426 g/mol. The quantitative estimate of drug-likeness (QED) is 0.444. The van der Waals surface area contributed by atoms with Crippen LogP contribution in [0.2, 0.25) is 9.36 Å². The van der Waals surface area contributed by atoms with Crippen LogP contribution in [-0.2, 0) is 19.3 Å². The second-order valence-corrected chi connectivity index (χ2v) is 8.46. The molecule has 1 aromatic heterocycles. The van der Waals surface area contributed by atoms with Gasteiger partial charge in [-0.15, -0.1) is 11.3 Å². The number of aliphatic hydroxyl groups excluding tert-OH is 1. The van der Waals surface area contributed by atoms with Gasteiger partial charge in [-0.3, -0.25) is 0 Å². The van der Waals surface area contributed by atoms with Crippen molar-refractivity contribution in [3.63, 3.8) is 0 Å². The number of hydrogen-bond donors (Lipinski definition) is 1. The Bertz CT molecular complexity index is 899. The van der Waals surface area contributed by atoms with Crippen molar-refractivity contribution in [1.29, 1.82) is 0 Å². The van der Waals surface area contributed by atoms with E-state index in [-0.39, 0.29) is 18.6 Å². The van der Waals surface area contributed by atoms with Crippen LogP contribution in [0.15, 0.2) is 42.5 Å². The lowest BCUT2D eigenvalue weighted by Crippen LogP contribution is -2.01. The molecule has 0 amide bonds. The van der Waals surface area contributed by atoms with Gasteiger partial charge in [-0.2, -0.15) is 0 Å². The Morgan fingerprint density at radius 3 is 2.19 bits per heavy atom. The normalized spacial score (nSPS) is 11.1. The Labute approximate surface area is 171 Å². The first-order valence-corrected chi connectivity index (χ1v) is 10.2. The van der Waals surface area contributed by atoms with E-state index in [0.29, 0.717) is 34.2 Å². The molecule has 1 nitrogen and oxygen atoms in total. The third-order valence-corrected chi connectivity index (χ3v) is 5.94. The molecule has 0 aliphatic heterocycles. The zero-order valence-electron chi connectivity index (χ0n) is 14.4. The summed E-state index contributed by atoms with van der Waals surface area (Å²) >= 11 is 13.5. The number of rotatable bonds is 7. The minimum atomic E-state index is -0.543. The van der Waals surface area contributed by atoms with Gasteiger partial charge in [0.2, 0.25) is 0 Å². The second kappa shape index (κ2) is 9.16. The summed E-state index contributed by atoms with van der Waals surface area (Å²) in [5.74, 6) is -1.09. The fraction of sp³-hybridized carbons (Fsp3) is 0.238. The average molecular weight is 427 g/mol. The predicted octanol–water partition coefficient (Wildman–Crippen LogP) is 6.71. The number of aliphatic hydroxyl groups is 1. The van der Waals surface area contributed by atoms with Gasteiger partial charge in [0.25, 0.3) is 0 Å². The highest BCUT2D eigenvalue weighted by Gasteiger charge is 2.15. The van der Waals surface area contributed by atoms with Crippen molar-refractivity contribution < 1.29 is 13.9 Å². The lowest BCUT2D eigenvalue weighted by Gasteiger charge is -2.09. The smallest absolute Gasteiger partial charge is 0.129 e. The van der Waals surface area contributed by atoms with Crippen molar-refractivity contribution in [1.82, 2.24) is 0 Å². The van der Waals surface area contributed by atoms with Crippen molar-refractivity contribution in [2.75, 3.05) is 6.61 Å². The summed E-state index contributed by atoms with van der Waals surface area (Å²) in [6.07, 6.45) is 1.66. The summed E-state index contributed by atoms with van der Waals surface area (Å²) in [6, 6.07) is 12.0. The van der Waals surface area contributed by atoms with Gasteiger partial charge in [0, 0.05) is 22.1 Å². The van der Waals surface area contributed by atoms with Crippen molar-refractivity contribution in [3.8, 4) is 11.1 Å². The highest BCUT2D eigenvalue weighted by Crippen LogP contribution is 2.36. The van der Waals surface area contributed by atoms with Gasteiger partial charge < -0.3 is 5.11 Å². The summed E-state index contributed by atoms with van der Waals surface area (Å²) in [6.45, 7) is -0.00238. The maximum atomic E-state index is 14.4. The van der Waals surface area contributed by atoms with Crippen LogP contribution in [0.4, 0.5) is 8.78 Å². The van der Waals surface area contributed by atoms with E-state index in [0.717, 1.165) is 16.0 Å². The summed E-state index contributed by atoms with van der Waals surface area (Å²) in [4.78, 5) is 0.977. The molecule has 0 saturated heterocycles. The average Bonchev–Trinajstić information content (AvgIpc) is 3.00. The molecule has 0 radical (unpaired) electrons. The molecule has 0 saturated carbocycles. The van der Waals surface area contributed by atoms with Gasteiger partial charge in [-0.05, 0) is 72.7 Å². The molecule has 6 heteroatoms. The fourth-order valence-electron chi connectivity index (χ4n) is 3.02. The van der Waals surface area contributed by atoms with Gasteiger partial charge >= 0.3 is 0 Å². The van der Waals surface area contributed by atoms with Gasteiger partial charge in [0.15, 0.2) is 0 Å². The lowest BCUT2D eigenvalue weighted by molar-refractivity contribution is 0.288. The lowest BCUT2D eigenvalue weighted by atomic mass is 10.00. The molecule has 2 aromatic carbocycles. The van der Waals surface area contributed by atoms with Crippen molar-refractivity contribution >= 4 is 34.5 Å². The maximum absolute atomic E-state index is 14.4. The van der Waals surface area contributed by atoms with Gasteiger partial charge in [0.05, 0.1) is 4.34 Å². The highest BCUT2D eigenvalue weighted by atomic mass is 35.5. The number of hydrogen-bond acceptors (Lipinski definition) is 2. The first kappa shape index (κ1) is 20.3. The van der Waals surface area contributed by atoms with E-state index in [1.165, 1.54) is 23.5 Å². The van der Waals surface area contributed by atoms with E-state index in [9.17, 15) is 8.78 Å². The van der Waals surface area contributed by atoms with Crippen LogP contribution >= 0.6 is 34.5 Å². The number of halogens is 4. The molecule has 3 rings (SSSR count). The fourth-order valence-corrected chi connectivity index (χ4v) is 4.43. The molecule has 3 aromatic rings. The number of benzene rings is 2. The molecule has 0 bridgehead atoms.